The van der Waals surface area contributed by atoms with Crippen molar-refractivity contribution in [3.05, 3.63) is 241 Å². The highest BCUT2D eigenvalue weighted by molar-refractivity contribution is 6.13. The number of hydrogen-bond acceptors (Lipinski definition) is 0. The maximum atomic E-state index is 2.54. The Morgan fingerprint density at radius 1 is 0.387 bits per heavy atom. The van der Waals surface area contributed by atoms with Gasteiger partial charge in [0.1, 0.15) is 0 Å². The van der Waals surface area contributed by atoms with Crippen molar-refractivity contribution in [3.8, 4) is 39.1 Å². The van der Waals surface area contributed by atoms with Gasteiger partial charge in [0.25, 0.3) is 0 Å². The lowest BCUT2D eigenvalue weighted by molar-refractivity contribution is 0.829. The Balaban J connectivity index is 0.998. The van der Waals surface area contributed by atoms with Crippen LogP contribution in [-0.4, -0.2) is 9.13 Å². The van der Waals surface area contributed by atoms with Crippen molar-refractivity contribution >= 4 is 49.3 Å². The highest BCUT2D eigenvalue weighted by atomic mass is 15.0. The summed E-state index contributed by atoms with van der Waals surface area (Å²) < 4.78 is 4.99. The molecule has 2 heterocycles. The van der Waals surface area contributed by atoms with Crippen LogP contribution in [0, 0.1) is 0 Å². The van der Waals surface area contributed by atoms with Gasteiger partial charge in [0.15, 0.2) is 0 Å². The molecular formula is C60H44N2. The van der Waals surface area contributed by atoms with Crippen molar-refractivity contribution in [2.24, 2.45) is 0 Å². The summed E-state index contributed by atoms with van der Waals surface area (Å²) >= 11 is 0. The standard InChI is InChI=1S/C60H44N2/c1-5-17-41(18-6-1)47-33-48(42-19-7-2-8-20-42)36-51(35-47)61-57-27-15-13-25-53(57)55-39-45(29-31-59(55)61)46-30-32-60-56(40-46)54-26-14-16-28-58(54)62(60)52-37-49(43-21-9-3-10-22-43)34-50(38-52)44-23-11-4-12-24-44/h1-3,5-11,13-36,38-40,49H,4,12,37H2. The molecule has 0 saturated carbocycles. The van der Waals surface area contributed by atoms with Gasteiger partial charge in [-0.15, -0.1) is 0 Å². The molecule has 2 aromatic heterocycles. The zero-order chi connectivity index (χ0) is 41.0. The van der Waals surface area contributed by atoms with E-state index in [0.29, 0.717) is 0 Å². The van der Waals surface area contributed by atoms with Crippen molar-refractivity contribution < 1.29 is 0 Å². The van der Waals surface area contributed by atoms with Crippen LogP contribution in [0.15, 0.2) is 236 Å². The van der Waals surface area contributed by atoms with Crippen LogP contribution in [0.5, 0.6) is 0 Å². The number of fused-ring (bicyclic) bond motifs is 6. The fourth-order valence-corrected chi connectivity index (χ4v) is 10.1. The molecule has 2 nitrogen and oxygen atoms in total. The molecule has 0 spiro atoms. The molecule has 0 aliphatic heterocycles. The average molecular weight is 793 g/mol. The first-order valence-corrected chi connectivity index (χ1v) is 21.9. The Morgan fingerprint density at radius 2 is 0.919 bits per heavy atom. The minimum atomic E-state index is 0.289. The topological polar surface area (TPSA) is 9.86 Å². The predicted molar refractivity (Wildman–Crippen MR) is 263 cm³/mol. The molecule has 62 heavy (non-hydrogen) atoms. The average Bonchev–Trinajstić information content (AvgIpc) is 3.87. The number of benzene rings is 8. The molecule has 10 aromatic rings. The first-order valence-electron chi connectivity index (χ1n) is 21.9. The van der Waals surface area contributed by atoms with Crippen LogP contribution in [0.2, 0.25) is 0 Å². The van der Waals surface area contributed by atoms with Gasteiger partial charge in [0.2, 0.25) is 0 Å². The fraction of sp³-hybridized carbons (Fsp3) is 0.0667. The van der Waals surface area contributed by atoms with Gasteiger partial charge >= 0.3 is 0 Å². The van der Waals surface area contributed by atoms with Crippen LogP contribution in [-0.2, 0) is 0 Å². The van der Waals surface area contributed by atoms with Gasteiger partial charge in [-0.05, 0) is 130 Å². The van der Waals surface area contributed by atoms with E-state index < -0.39 is 0 Å². The highest BCUT2D eigenvalue weighted by Gasteiger charge is 2.23. The number of hydrogen-bond donors (Lipinski definition) is 0. The molecule has 0 fully saturated rings. The number of para-hydroxylation sites is 2. The summed E-state index contributed by atoms with van der Waals surface area (Å²) in [4.78, 5) is 0. The van der Waals surface area contributed by atoms with E-state index in [0.717, 1.165) is 24.9 Å². The molecule has 0 saturated heterocycles. The molecule has 0 radical (unpaired) electrons. The van der Waals surface area contributed by atoms with Crippen molar-refractivity contribution in [2.75, 3.05) is 0 Å². The van der Waals surface area contributed by atoms with Crippen LogP contribution in [0.3, 0.4) is 0 Å². The summed E-state index contributed by atoms with van der Waals surface area (Å²) in [5.74, 6) is 0.289. The van der Waals surface area contributed by atoms with Crippen LogP contribution < -0.4 is 0 Å². The molecule has 1 atom stereocenters. The van der Waals surface area contributed by atoms with Crippen LogP contribution in [0.25, 0.3) is 88.4 Å². The first-order chi connectivity index (χ1) is 30.7. The van der Waals surface area contributed by atoms with Gasteiger partial charge in [0, 0.05) is 38.8 Å². The summed E-state index contributed by atoms with van der Waals surface area (Å²) in [5.41, 5.74) is 18.6. The molecule has 0 amide bonds. The van der Waals surface area contributed by atoms with Crippen LogP contribution >= 0.6 is 0 Å². The molecule has 2 heteroatoms. The Morgan fingerprint density at radius 3 is 1.52 bits per heavy atom. The smallest absolute Gasteiger partial charge is 0.0541 e. The molecule has 0 N–H and O–H groups in total. The summed E-state index contributed by atoms with van der Waals surface area (Å²) in [7, 11) is 0. The Kier molecular flexibility index (Phi) is 8.81. The Hall–Kier alpha value is -7.68. The molecule has 2 aliphatic carbocycles. The number of aromatic nitrogens is 2. The zero-order valence-electron chi connectivity index (χ0n) is 34.5. The first kappa shape index (κ1) is 36.2. The summed E-state index contributed by atoms with van der Waals surface area (Å²) in [6, 6.07) is 71.5. The quantitative estimate of drug-likeness (QED) is 0.152. The van der Waals surface area contributed by atoms with Crippen molar-refractivity contribution in [3.63, 3.8) is 0 Å². The van der Waals surface area contributed by atoms with E-state index in [2.05, 4.69) is 234 Å². The minimum Gasteiger partial charge on any atom is -0.313 e. The Labute approximate surface area is 362 Å². The Bertz CT molecular complexity index is 3410. The molecule has 8 aromatic carbocycles. The van der Waals surface area contributed by atoms with Gasteiger partial charge in [-0.3, -0.25) is 0 Å². The van der Waals surface area contributed by atoms with Gasteiger partial charge in [-0.25, -0.2) is 0 Å². The summed E-state index contributed by atoms with van der Waals surface area (Å²) in [6.07, 6.45) is 15.1. The number of allylic oxidation sites excluding steroid dienone is 8. The number of rotatable bonds is 7. The molecule has 2 aliphatic rings. The SMILES string of the molecule is C1=CC(C2=CC(c3ccccc3)CC(n3c4ccccc4c4cc(-c5ccc6c(c5)c5ccccc5n6-c5cc(-c6ccccc6)cc(-c6ccccc6)c5)ccc43)=C2)=CCC1. The lowest BCUT2D eigenvalue weighted by atomic mass is 9.84. The van der Waals surface area contributed by atoms with Crippen molar-refractivity contribution in [1.82, 2.24) is 9.13 Å². The second-order valence-corrected chi connectivity index (χ2v) is 16.8. The highest BCUT2D eigenvalue weighted by Crippen LogP contribution is 2.43. The van der Waals surface area contributed by atoms with Crippen LogP contribution in [0.4, 0.5) is 0 Å². The van der Waals surface area contributed by atoms with Gasteiger partial charge in [0.05, 0.1) is 22.1 Å². The van der Waals surface area contributed by atoms with Gasteiger partial charge < -0.3 is 9.13 Å². The fourth-order valence-electron chi connectivity index (χ4n) is 10.1. The van der Waals surface area contributed by atoms with Crippen molar-refractivity contribution in [2.45, 2.75) is 25.2 Å². The largest absolute Gasteiger partial charge is 0.313 e. The second-order valence-electron chi connectivity index (χ2n) is 16.8. The van der Waals surface area contributed by atoms with E-state index in [1.807, 2.05) is 0 Å². The second kappa shape index (κ2) is 15.1. The molecular weight excluding hydrogens is 749 g/mol. The monoisotopic (exact) mass is 792 g/mol. The van der Waals surface area contributed by atoms with E-state index in [1.54, 1.807) is 0 Å². The van der Waals surface area contributed by atoms with E-state index in [4.69, 9.17) is 0 Å². The van der Waals surface area contributed by atoms with E-state index in [9.17, 15) is 0 Å². The maximum Gasteiger partial charge on any atom is 0.0541 e. The third-order valence-corrected chi connectivity index (χ3v) is 13.0. The third-order valence-electron chi connectivity index (χ3n) is 13.0. The maximum absolute atomic E-state index is 2.54. The summed E-state index contributed by atoms with van der Waals surface area (Å²) in [6.45, 7) is 0. The lowest BCUT2D eigenvalue weighted by Crippen LogP contribution is -2.09. The van der Waals surface area contributed by atoms with E-state index in [-0.39, 0.29) is 5.92 Å². The molecule has 1 unspecified atom stereocenters. The molecule has 0 bridgehead atoms. The van der Waals surface area contributed by atoms with E-state index in [1.165, 1.54) is 99.4 Å². The van der Waals surface area contributed by atoms with Crippen molar-refractivity contribution in [1.29, 1.82) is 0 Å². The van der Waals surface area contributed by atoms with Gasteiger partial charge in [-0.1, -0.05) is 164 Å². The zero-order valence-corrected chi connectivity index (χ0v) is 34.5. The molecule has 12 rings (SSSR count). The normalized spacial score (nSPS) is 15.3. The van der Waals surface area contributed by atoms with E-state index >= 15 is 0 Å². The lowest BCUT2D eigenvalue weighted by Gasteiger charge is -2.25. The molecule has 294 valence electrons. The minimum absolute atomic E-state index is 0.289. The number of nitrogens with zero attached hydrogens (tertiary/aromatic N) is 2. The predicted octanol–water partition coefficient (Wildman–Crippen LogP) is 16.1. The van der Waals surface area contributed by atoms with Gasteiger partial charge in [-0.2, -0.15) is 0 Å². The third kappa shape index (κ3) is 6.26. The van der Waals surface area contributed by atoms with Crippen LogP contribution in [0.1, 0.15) is 30.7 Å². The summed E-state index contributed by atoms with van der Waals surface area (Å²) in [5, 5.41) is 5.05.